The molecule has 2 aromatic rings. The second-order valence-corrected chi connectivity index (χ2v) is 5.30. The maximum Gasteiger partial charge on any atom is 0.307 e. The molecule has 118 valence electrons. The monoisotopic (exact) mass is 306 g/mol. The summed E-state index contributed by atoms with van der Waals surface area (Å²) >= 11 is 0. The SMILES string of the molecule is CCn1ccc(CNC(=O)C(C)(C)n2cc([N+](=O)[O-])cn2)n1. The van der Waals surface area contributed by atoms with E-state index in [1.165, 1.54) is 10.9 Å². The van der Waals surface area contributed by atoms with Crippen LogP contribution in [0.5, 0.6) is 0 Å². The molecular formula is C13H18N6O3. The molecule has 0 unspecified atom stereocenters. The van der Waals surface area contributed by atoms with Crippen molar-refractivity contribution < 1.29 is 9.72 Å². The van der Waals surface area contributed by atoms with Crippen LogP contribution in [0.25, 0.3) is 0 Å². The molecule has 0 aliphatic rings. The largest absolute Gasteiger partial charge is 0.348 e. The van der Waals surface area contributed by atoms with E-state index in [9.17, 15) is 14.9 Å². The number of nitro groups is 1. The highest BCUT2D eigenvalue weighted by atomic mass is 16.6. The number of nitrogens with zero attached hydrogens (tertiary/aromatic N) is 5. The molecule has 9 nitrogen and oxygen atoms in total. The van der Waals surface area contributed by atoms with Crippen molar-refractivity contribution in [2.45, 2.75) is 39.4 Å². The van der Waals surface area contributed by atoms with Gasteiger partial charge in [-0.3, -0.25) is 24.3 Å². The fourth-order valence-electron chi connectivity index (χ4n) is 1.88. The van der Waals surface area contributed by atoms with Crippen molar-refractivity contribution in [3.8, 4) is 0 Å². The van der Waals surface area contributed by atoms with Crippen molar-refractivity contribution in [2.24, 2.45) is 0 Å². The van der Waals surface area contributed by atoms with Crippen LogP contribution < -0.4 is 5.32 Å². The molecule has 0 aliphatic heterocycles. The molecule has 0 spiro atoms. The first-order valence-electron chi connectivity index (χ1n) is 6.84. The summed E-state index contributed by atoms with van der Waals surface area (Å²) in [5.74, 6) is -0.295. The number of aromatic nitrogens is 4. The molecule has 0 fully saturated rings. The van der Waals surface area contributed by atoms with Gasteiger partial charge in [0, 0.05) is 12.7 Å². The van der Waals surface area contributed by atoms with E-state index in [-0.39, 0.29) is 11.6 Å². The number of carbonyl (C=O) groups excluding carboxylic acids is 1. The van der Waals surface area contributed by atoms with Crippen molar-refractivity contribution >= 4 is 11.6 Å². The van der Waals surface area contributed by atoms with Gasteiger partial charge >= 0.3 is 5.69 Å². The van der Waals surface area contributed by atoms with Crippen molar-refractivity contribution in [3.63, 3.8) is 0 Å². The van der Waals surface area contributed by atoms with E-state index in [4.69, 9.17) is 0 Å². The van der Waals surface area contributed by atoms with E-state index >= 15 is 0 Å². The third kappa shape index (κ3) is 3.13. The van der Waals surface area contributed by atoms with E-state index in [2.05, 4.69) is 15.5 Å². The van der Waals surface area contributed by atoms with E-state index in [0.717, 1.165) is 18.4 Å². The fraction of sp³-hybridized carbons (Fsp3) is 0.462. The highest BCUT2D eigenvalue weighted by Crippen LogP contribution is 2.18. The van der Waals surface area contributed by atoms with Crippen LogP contribution in [0.4, 0.5) is 5.69 Å². The standard InChI is InChI=1S/C13H18N6O3/c1-4-17-6-5-10(16-17)7-14-12(20)13(2,3)18-9-11(8-15-18)19(21)22/h5-6,8-9H,4,7H2,1-3H3,(H,14,20). The van der Waals surface area contributed by atoms with Crippen LogP contribution in [0, 0.1) is 10.1 Å². The van der Waals surface area contributed by atoms with Gasteiger partial charge in [-0.25, -0.2) is 0 Å². The molecule has 1 N–H and O–H groups in total. The van der Waals surface area contributed by atoms with Gasteiger partial charge in [0.05, 0.1) is 17.2 Å². The Morgan fingerprint density at radius 1 is 1.50 bits per heavy atom. The number of hydrogen-bond donors (Lipinski definition) is 1. The van der Waals surface area contributed by atoms with Crippen LogP contribution in [0.3, 0.4) is 0 Å². The number of aryl methyl sites for hydroxylation is 1. The molecule has 22 heavy (non-hydrogen) atoms. The first-order chi connectivity index (χ1) is 10.3. The van der Waals surface area contributed by atoms with E-state index in [0.29, 0.717) is 6.54 Å². The molecule has 0 bridgehead atoms. The average molecular weight is 306 g/mol. The zero-order chi connectivity index (χ0) is 16.3. The minimum absolute atomic E-state index is 0.150. The first kappa shape index (κ1) is 15.7. The topological polar surface area (TPSA) is 108 Å². The first-order valence-corrected chi connectivity index (χ1v) is 6.84. The Labute approximate surface area is 127 Å². The summed E-state index contributed by atoms with van der Waals surface area (Å²) in [6, 6.07) is 1.83. The van der Waals surface area contributed by atoms with Crippen molar-refractivity contribution in [2.75, 3.05) is 0 Å². The zero-order valence-electron chi connectivity index (χ0n) is 12.7. The fourth-order valence-corrected chi connectivity index (χ4v) is 1.88. The van der Waals surface area contributed by atoms with E-state index in [1.807, 2.05) is 19.2 Å². The van der Waals surface area contributed by atoms with Gasteiger partial charge in [0.2, 0.25) is 5.91 Å². The Morgan fingerprint density at radius 3 is 2.77 bits per heavy atom. The molecule has 2 aromatic heterocycles. The zero-order valence-corrected chi connectivity index (χ0v) is 12.7. The summed E-state index contributed by atoms with van der Waals surface area (Å²) in [5.41, 5.74) is -0.443. The molecule has 0 saturated carbocycles. The number of rotatable bonds is 6. The summed E-state index contributed by atoms with van der Waals surface area (Å²) in [4.78, 5) is 22.5. The molecule has 0 aliphatic carbocycles. The summed E-state index contributed by atoms with van der Waals surface area (Å²) in [5, 5.41) is 21.6. The molecule has 2 rings (SSSR count). The van der Waals surface area contributed by atoms with Crippen LogP contribution >= 0.6 is 0 Å². The van der Waals surface area contributed by atoms with Gasteiger partial charge in [-0.15, -0.1) is 0 Å². The van der Waals surface area contributed by atoms with E-state index < -0.39 is 10.5 Å². The summed E-state index contributed by atoms with van der Waals surface area (Å²) in [7, 11) is 0. The van der Waals surface area contributed by atoms with Crippen molar-refractivity contribution in [1.29, 1.82) is 0 Å². The summed E-state index contributed by atoms with van der Waals surface area (Å²) < 4.78 is 3.05. The third-order valence-electron chi connectivity index (χ3n) is 3.36. The van der Waals surface area contributed by atoms with Gasteiger partial charge in [0.1, 0.15) is 17.9 Å². The lowest BCUT2D eigenvalue weighted by Gasteiger charge is -2.23. The van der Waals surface area contributed by atoms with Crippen LogP contribution in [0.1, 0.15) is 26.5 Å². The lowest BCUT2D eigenvalue weighted by Crippen LogP contribution is -2.44. The second-order valence-electron chi connectivity index (χ2n) is 5.30. The number of nitrogens with one attached hydrogen (secondary N) is 1. The Kier molecular flexibility index (Phi) is 4.25. The van der Waals surface area contributed by atoms with E-state index in [1.54, 1.807) is 18.5 Å². The molecule has 0 aromatic carbocycles. The maximum atomic E-state index is 12.3. The van der Waals surface area contributed by atoms with Gasteiger partial charge < -0.3 is 5.32 Å². The summed E-state index contributed by atoms with van der Waals surface area (Å²) in [6.07, 6.45) is 4.20. The minimum atomic E-state index is -1.04. The van der Waals surface area contributed by atoms with Gasteiger partial charge in [0.15, 0.2) is 0 Å². The van der Waals surface area contributed by atoms with Gasteiger partial charge in [-0.05, 0) is 26.8 Å². The Hall–Kier alpha value is -2.71. The quantitative estimate of drug-likeness (QED) is 0.634. The lowest BCUT2D eigenvalue weighted by atomic mass is 10.1. The Balaban J connectivity index is 2.04. The predicted octanol–water partition coefficient (Wildman–Crippen LogP) is 1.06. The molecule has 0 atom stereocenters. The van der Waals surface area contributed by atoms with Crippen LogP contribution in [0.15, 0.2) is 24.7 Å². The number of carbonyl (C=O) groups is 1. The van der Waals surface area contributed by atoms with Gasteiger partial charge in [-0.1, -0.05) is 0 Å². The van der Waals surface area contributed by atoms with Crippen molar-refractivity contribution in [3.05, 3.63) is 40.5 Å². The predicted molar refractivity (Wildman–Crippen MR) is 78.0 cm³/mol. The maximum absolute atomic E-state index is 12.3. The molecule has 0 saturated heterocycles. The molecule has 2 heterocycles. The molecule has 0 radical (unpaired) electrons. The van der Waals surface area contributed by atoms with Gasteiger partial charge in [-0.2, -0.15) is 10.2 Å². The Morgan fingerprint density at radius 2 is 2.23 bits per heavy atom. The molecule has 9 heteroatoms. The molecule has 1 amide bonds. The number of amides is 1. The van der Waals surface area contributed by atoms with Crippen LogP contribution in [-0.4, -0.2) is 30.4 Å². The minimum Gasteiger partial charge on any atom is -0.348 e. The normalized spacial score (nSPS) is 11.4. The van der Waals surface area contributed by atoms with Crippen LogP contribution in [-0.2, 0) is 23.4 Å². The number of hydrogen-bond acceptors (Lipinski definition) is 5. The second kappa shape index (κ2) is 5.96. The summed E-state index contributed by atoms with van der Waals surface area (Å²) in [6.45, 7) is 6.31. The smallest absolute Gasteiger partial charge is 0.307 e. The molecular weight excluding hydrogens is 288 g/mol. The third-order valence-corrected chi connectivity index (χ3v) is 3.36. The highest BCUT2D eigenvalue weighted by Gasteiger charge is 2.31. The lowest BCUT2D eigenvalue weighted by molar-refractivity contribution is -0.385. The van der Waals surface area contributed by atoms with Crippen LogP contribution in [0.2, 0.25) is 0 Å². The van der Waals surface area contributed by atoms with Gasteiger partial charge in [0.25, 0.3) is 0 Å². The Bertz CT molecular complexity index is 688. The highest BCUT2D eigenvalue weighted by molar-refractivity contribution is 5.83. The average Bonchev–Trinajstić information content (AvgIpc) is 3.13. The van der Waals surface area contributed by atoms with Crippen molar-refractivity contribution in [1.82, 2.24) is 24.9 Å².